The molecule has 5 nitrogen and oxygen atoms in total. The summed E-state index contributed by atoms with van der Waals surface area (Å²) < 4.78 is 17.9. The summed E-state index contributed by atoms with van der Waals surface area (Å²) in [5.41, 5.74) is 3.87. The van der Waals surface area contributed by atoms with Gasteiger partial charge in [0.05, 0.1) is 14.1 Å². The minimum absolute atomic E-state index is 0. The number of rotatable bonds is 24. The van der Waals surface area contributed by atoms with Crippen molar-refractivity contribution in [2.24, 2.45) is 0 Å². The van der Waals surface area contributed by atoms with E-state index in [-0.39, 0.29) is 18.1 Å². The Labute approximate surface area is 215 Å². The highest BCUT2D eigenvalue weighted by atomic mass is 35.5. The van der Waals surface area contributed by atoms with Crippen molar-refractivity contribution < 1.29 is 30.3 Å². The molecule has 0 aliphatic heterocycles. The number of nitrogens with zero attached hydrogens (tertiary/aromatic N) is 1. The number of quaternary nitrogens is 1. The van der Waals surface area contributed by atoms with Gasteiger partial charge in [0, 0.05) is 34.3 Å². The van der Waals surface area contributed by atoms with Crippen LogP contribution in [0.3, 0.4) is 0 Å². The minimum atomic E-state index is -2.68. The van der Waals surface area contributed by atoms with Crippen LogP contribution in [0.2, 0.25) is 0 Å². The minimum Gasteiger partial charge on any atom is -1.00 e. The summed E-state index contributed by atoms with van der Waals surface area (Å²) >= 11 is 0. The maximum atomic E-state index is 5.75. The van der Waals surface area contributed by atoms with Gasteiger partial charge in [0.2, 0.25) is 0 Å². The number of unbranched alkanes of at least 4 members (excludes halogenated alkanes) is 15. The first-order valence-electron chi connectivity index (χ1n) is 13.7. The smallest absolute Gasteiger partial charge is 0.563 e. The first kappa shape index (κ1) is 35.5. The largest absolute Gasteiger partial charge is 1.00 e. The van der Waals surface area contributed by atoms with Gasteiger partial charge in [-0.1, -0.05) is 110 Å². The molecular weight excluding hydrogens is 452 g/mol. The quantitative estimate of drug-likeness (QED) is 0.0920. The first-order chi connectivity index (χ1) is 15.4. The Bertz CT molecular complexity index is 405. The monoisotopic (exact) mass is 510 g/mol. The second-order valence-electron chi connectivity index (χ2n) is 9.89. The second kappa shape index (κ2) is 22.8. The van der Waals surface area contributed by atoms with E-state index in [0.29, 0.717) is 4.59 Å². The van der Waals surface area contributed by atoms with Gasteiger partial charge in [0.15, 0.2) is 5.67 Å². The highest BCUT2D eigenvalue weighted by Gasteiger charge is 2.56. The van der Waals surface area contributed by atoms with Crippen molar-refractivity contribution in [3.63, 3.8) is 0 Å². The van der Waals surface area contributed by atoms with Crippen LogP contribution in [0.1, 0.15) is 123 Å². The summed E-state index contributed by atoms with van der Waals surface area (Å²) in [4.78, 5) is 0. The Balaban J connectivity index is 0. The molecule has 7 heteroatoms. The zero-order valence-corrected chi connectivity index (χ0v) is 25.1. The molecular formula is C26H59ClN2O3Si. The van der Waals surface area contributed by atoms with Gasteiger partial charge in [-0.05, 0) is 6.42 Å². The molecule has 202 valence electrons. The third kappa shape index (κ3) is 15.8. The molecule has 0 spiro atoms. The van der Waals surface area contributed by atoms with Crippen molar-refractivity contribution in [2.75, 3.05) is 42.0 Å². The Kier molecular flexibility index (Phi) is 24.5. The van der Waals surface area contributed by atoms with Gasteiger partial charge in [-0.25, -0.2) is 4.59 Å². The van der Waals surface area contributed by atoms with Crippen LogP contribution >= 0.6 is 0 Å². The fraction of sp³-hybridized carbons (Fsp3) is 1.00. The number of halogens is 1. The van der Waals surface area contributed by atoms with E-state index in [9.17, 15) is 0 Å². The van der Waals surface area contributed by atoms with Crippen LogP contribution in [0.4, 0.5) is 0 Å². The van der Waals surface area contributed by atoms with Crippen LogP contribution in [0.15, 0.2) is 0 Å². The van der Waals surface area contributed by atoms with Gasteiger partial charge < -0.3 is 25.7 Å². The molecule has 0 heterocycles. The molecule has 0 aliphatic carbocycles. The van der Waals surface area contributed by atoms with E-state index < -0.39 is 8.80 Å². The summed E-state index contributed by atoms with van der Waals surface area (Å²) in [6, 6.07) is 0. The molecule has 1 atom stereocenters. The van der Waals surface area contributed by atoms with Crippen molar-refractivity contribution in [2.45, 2.75) is 129 Å². The molecule has 0 aliphatic rings. The molecule has 33 heavy (non-hydrogen) atoms. The van der Waals surface area contributed by atoms with E-state index >= 15 is 0 Å². The third-order valence-electron chi connectivity index (χ3n) is 6.98. The van der Waals surface area contributed by atoms with Gasteiger partial charge in [-0.15, -0.1) is 0 Å². The Morgan fingerprint density at radius 3 is 1.24 bits per heavy atom. The van der Waals surface area contributed by atoms with Gasteiger partial charge in [-0.3, -0.25) is 0 Å². The van der Waals surface area contributed by atoms with Crippen LogP contribution < -0.4 is 17.8 Å². The number of hydrogen-bond donors (Lipinski definition) is 1. The van der Waals surface area contributed by atoms with Gasteiger partial charge in [0.1, 0.15) is 0 Å². The van der Waals surface area contributed by atoms with E-state index in [4.69, 9.17) is 13.3 Å². The second-order valence-corrected chi connectivity index (χ2v) is 13.0. The van der Waals surface area contributed by atoms with E-state index in [1.54, 1.807) is 21.3 Å². The number of nitrogens with one attached hydrogen (secondary N) is 1. The molecule has 1 N–H and O–H groups in total. The average Bonchev–Trinajstić information content (AvgIpc) is 2.79. The fourth-order valence-electron chi connectivity index (χ4n) is 4.91. The molecule has 0 amide bonds. The molecule has 0 aromatic heterocycles. The lowest BCUT2D eigenvalue weighted by Crippen LogP contribution is -3.00. The summed E-state index contributed by atoms with van der Waals surface area (Å²) in [7, 11) is 6.82. The van der Waals surface area contributed by atoms with Crippen molar-refractivity contribution in [3.8, 4) is 0 Å². The van der Waals surface area contributed by atoms with Gasteiger partial charge in [0.25, 0.3) is 0 Å². The summed E-state index contributed by atoms with van der Waals surface area (Å²) in [6.45, 7) is 5.49. The predicted octanol–water partition coefficient (Wildman–Crippen LogP) is 4.03. The van der Waals surface area contributed by atoms with Crippen LogP contribution in [0.5, 0.6) is 0 Å². The zero-order valence-electron chi connectivity index (χ0n) is 23.4. The molecule has 0 aromatic carbocycles. The van der Waals surface area contributed by atoms with Gasteiger partial charge in [-0.2, -0.15) is 5.43 Å². The zero-order chi connectivity index (χ0) is 24.1. The standard InChI is InChI=1S/C26H59N2O3Si.ClH/c1-8-10-11-12-13-14-15-16-17-18-19-20-21-22-23-24-25-27-28(3,4)26(9-2)32(29-5,30-6)31-7;/h26-27H,8-25H2,1-7H3;1H/q+1;/p-1. The molecule has 0 radical (unpaired) electrons. The van der Waals surface area contributed by atoms with E-state index in [1.165, 1.54) is 103 Å². The summed E-state index contributed by atoms with van der Waals surface area (Å²) in [5.74, 6) is 0. The lowest BCUT2D eigenvalue weighted by Gasteiger charge is -2.42. The Hall–Kier alpha value is 0.307. The third-order valence-corrected chi connectivity index (χ3v) is 10.6. The van der Waals surface area contributed by atoms with E-state index in [1.807, 2.05) is 0 Å². The molecule has 0 saturated carbocycles. The maximum Gasteiger partial charge on any atom is 0.563 e. The highest BCUT2D eigenvalue weighted by Crippen LogP contribution is 2.22. The average molecular weight is 511 g/mol. The highest BCUT2D eigenvalue weighted by molar-refractivity contribution is 6.62. The van der Waals surface area contributed by atoms with Crippen molar-refractivity contribution in [1.29, 1.82) is 0 Å². The molecule has 0 bridgehead atoms. The van der Waals surface area contributed by atoms with E-state index in [0.717, 1.165) is 13.0 Å². The van der Waals surface area contributed by atoms with Gasteiger partial charge >= 0.3 is 8.80 Å². The Morgan fingerprint density at radius 1 is 0.606 bits per heavy atom. The molecule has 0 rings (SSSR count). The SMILES string of the molecule is CCCCCCCCCCCCCCCCCCN[N+](C)(C)C(CC)[Si](OC)(OC)OC.[Cl-]. The number of hydrogen-bond acceptors (Lipinski definition) is 4. The van der Waals surface area contributed by atoms with Crippen molar-refractivity contribution in [1.82, 2.24) is 5.43 Å². The molecule has 0 fully saturated rings. The molecule has 1 unspecified atom stereocenters. The predicted molar refractivity (Wildman–Crippen MR) is 141 cm³/mol. The Morgan fingerprint density at radius 2 is 0.939 bits per heavy atom. The normalized spacial score (nSPS) is 13.2. The summed E-state index contributed by atoms with van der Waals surface area (Å²) in [6.07, 6.45) is 23.4. The fourth-order valence-corrected chi connectivity index (χ4v) is 7.61. The van der Waals surface area contributed by atoms with E-state index in [2.05, 4.69) is 33.4 Å². The van der Waals surface area contributed by atoms with Crippen LogP contribution in [0.25, 0.3) is 0 Å². The van der Waals surface area contributed by atoms with Crippen LogP contribution in [-0.2, 0) is 13.3 Å². The van der Waals surface area contributed by atoms with Crippen molar-refractivity contribution in [3.05, 3.63) is 0 Å². The molecule has 0 saturated heterocycles. The molecule has 0 aromatic rings. The van der Waals surface area contributed by atoms with Crippen molar-refractivity contribution >= 4 is 8.80 Å². The summed E-state index contributed by atoms with van der Waals surface area (Å²) in [5, 5.41) is 0. The topological polar surface area (TPSA) is 39.7 Å². The lowest BCUT2D eigenvalue weighted by atomic mass is 10.0. The van der Waals surface area contributed by atoms with Crippen LogP contribution in [0, 0.1) is 0 Å². The maximum absolute atomic E-state index is 5.75. The van der Waals surface area contributed by atoms with Crippen LogP contribution in [-0.4, -0.2) is 61.0 Å². The first-order valence-corrected chi connectivity index (χ1v) is 15.5. The lowest BCUT2D eigenvalue weighted by molar-refractivity contribution is -0.949.